The molecule has 9 heteroatoms. The topological polar surface area (TPSA) is 97.2 Å². The van der Waals surface area contributed by atoms with E-state index in [9.17, 15) is 14.4 Å². The largest absolute Gasteiger partial charge is 0.336 e. The van der Waals surface area contributed by atoms with Crippen LogP contribution in [0.5, 0.6) is 0 Å². The van der Waals surface area contributed by atoms with Gasteiger partial charge in [-0.25, -0.2) is 9.67 Å². The first-order chi connectivity index (χ1) is 15.5. The van der Waals surface area contributed by atoms with Gasteiger partial charge in [-0.05, 0) is 44.4 Å². The van der Waals surface area contributed by atoms with Gasteiger partial charge in [-0.15, -0.1) is 0 Å². The molecule has 4 heterocycles. The number of pyridine rings is 1. The van der Waals surface area contributed by atoms with Gasteiger partial charge in [-0.1, -0.05) is 30.0 Å². The number of benzene rings is 1. The molecule has 0 radical (unpaired) electrons. The van der Waals surface area contributed by atoms with E-state index in [1.807, 2.05) is 48.2 Å². The molecule has 2 unspecified atom stereocenters. The average molecular weight is 450 g/mol. The van der Waals surface area contributed by atoms with Crippen molar-refractivity contribution in [1.29, 1.82) is 0 Å². The van der Waals surface area contributed by atoms with E-state index in [0.717, 1.165) is 35.5 Å². The van der Waals surface area contributed by atoms with Gasteiger partial charge < -0.3 is 5.32 Å². The van der Waals surface area contributed by atoms with Crippen LogP contribution in [0.2, 0.25) is 0 Å². The summed E-state index contributed by atoms with van der Waals surface area (Å²) in [6.07, 6.45) is 3.72. The lowest BCUT2D eigenvalue weighted by Crippen LogP contribution is -2.57. The zero-order valence-corrected chi connectivity index (χ0v) is 18.5. The van der Waals surface area contributed by atoms with Crippen molar-refractivity contribution in [3.05, 3.63) is 53.9 Å². The molecule has 1 aromatic carbocycles. The Morgan fingerprint density at radius 1 is 1.16 bits per heavy atom. The Kier molecular flexibility index (Phi) is 5.52. The van der Waals surface area contributed by atoms with Crippen molar-refractivity contribution >= 4 is 39.5 Å². The molecule has 2 aliphatic heterocycles. The Bertz CT molecular complexity index is 1210. The molecule has 1 amide bonds. The van der Waals surface area contributed by atoms with Gasteiger partial charge in [-0.3, -0.25) is 19.3 Å². The van der Waals surface area contributed by atoms with Crippen LogP contribution in [0.1, 0.15) is 35.3 Å². The molecule has 0 saturated carbocycles. The summed E-state index contributed by atoms with van der Waals surface area (Å²) in [4.78, 5) is 44.2. The number of hydrogen-bond donors (Lipinski definition) is 1. The summed E-state index contributed by atoms with van der Waals surface area (Å²) in [6.45, 7) is 2.45. The fourth-order valence-corrected chi connectivity index (χ4v) is 5.30. The number of carbonyl (C=O) groups is 3. The van der Waals surface area contributed by atoms with Crippen LogP contribution in [0.15, 0.2) is 42.6 Å². The van der Waals surface area contributed by atoms with Gasteiger partial charge in [-0.2, -0.15) is 5.10 Å². The number of likely N-dealkylation sites (tertiary alicyclic amines) is 1. The third kappa shape index (κ3) is 3.71. The van der Waals surface area contributed by atoms with Crippen LogP contribution in [0, 0.1) is 6.92 Å². The highest BCUT2D eigenvalue weighted by molar-refractivity contribution is 8.15. The minimum atomic E-state index is -0.754. The second-order valence-corrected chi connectivity index (χ2v) is 9.10. The Morgan fingerprint density at radius 2 is 2.00 bits per heavy atom. The number of nitrogens with zero attached hydrogens (tertiary/aromatic N) is 4. The summed E-state index contributed by atoms with van der Waals surface area (Å²) in [5, 5.41) is 8.34. The fraction of sp³-hybridized carbons (Fsp3) is 0.348. The molecule has 3 aromatic rings. The van der Waals surface area contributed by atoms with Crippen LogP contribution in [-0.4, -0.2) is 61.0 Å². The smallest absolute Gasteiger partial charge is 0.255 e. The molecule has 1 N–H and O–H groups in total. The van der Waals surface area contributed by atoms with E-state index in [4.69, 9.17) is 0 Å². The number of amides is 1. The first kappa shape index (κ1) is 20.8. The number of fused-ring (bicyclic) bond motifs is 1. The number of carbonyl (C=O) groups excluding carboxylic acids is 3. The molecule has 2 atom stereocenters. The van der Waals surface area contributed by atoms with E-state index in [2.05, 4.69) is 15.4 Å². The second kappa shape index (κ2) is 8.48. The monoisotopic (exact) mass is 449 g/mol. The van der Waals surface area contributed by atoms with E-state index in [1.165, 1.54) is 6.20 Å². The van der Waals surface area contributed by atoms with Crippen molar-refractivity contribution in [3.8, 4) is 5.82 Å². The van der Waals surface area contributed by atoms with Gasteiger partial charge in [0.05, 0.1) is 34.9 Å². The number of aromatic nitrogens is 3. The standard InChI is InChI=1S/C23H23N5O3S/c1-14-16(12-24-28(14)20-10-9-15-6-2-3-7-17(15)25-20)22(30)26-19-8-4-5-11-27(19)21-18(29)13-32-23(21)31/h2-3,6-7,9-10,12,19,21H,4-5,8,11,13H2,1H3,(H,26,30). The second-order valence-electron chi connectivity index (χ2n) is 8.12. The summed E-state index contributed by atoms with van der Waals surface area (Å²) in [6, 6.07) is 10.9. The van der Waals surface area contributed by atoms with Gasteiger partial charge >= 0.3 is 0 Å². The zero-order valence-electron chi connectivity index (χ0n) is 17.7. The van der Waals surface area contributed by atoms with Gasteiger partial charge in [0.25, 0.3) is 5.91 Å². The number of ketones is 1. The van der Waals surface area contributed by atoms with Crippen LogP contribution in [0.4, 0.5) is 0 Å². The third-order valence-corrected chi connectivity index (χ3v) is 7.05. The van der Waals surface area contributed by atoms with Crippen LogP contribution < -0.4 is 5.32 Å². The van der Waals surface area contributed by atoms with E-state index < -0.39 is 6.04 Å². The van der Waals surface area contributed by atoms with Crippen molar-refractivity contribution < 1.29 is 14.4 Å². The minimum Gasteiger partial charge on any atom is -0.336 e. The Hall–Kier alpha value is -3.04. The molecule has 164 valence electrons. The summed E-state index contributed by atoms with van der Waals surface area (Å²) in [7, 11) is 0. The molecule has 8 nitrogen and oxygen atoms in total. The van der Waals surface area contributed by atoms with Crippen molar-refractivity contribution in [2.75, 3.05) is 12.3 Å². The SMILES string of the molecule is Cc1c(C(=O)NC2CCCCN2C2C(=O)CSC2=O)cnn1-c1ccc2ccccc2n1. The maximum absolute atomic E-state index is 13.1. The molecular weight excluding hydrogens is 426 g/mol. The fourth-order valence-electron chi connectivity index (χ4n) is 4.44. The molecule has 0 spiro atoms. The van der Waals surface area contributed by atoms with Crippen molar-refractivity contribution in [3.63, 3.8) is 0 Å². The van der Waals surface area contributed by atoms with Crippen LogP contribution in [0.3, 0.4) is 0 Å². The molecule has 2 saturated heterocycles. The number of thioether (sulfide) groups is 1. The average Bonchev–Trinajstić information content (AvgIpc) is 3.35. The molecule has 0 bridgehead atoms. The number of rotatable bonds is 4. The van der Waals surface area contributed by atoms with Gasteiger partial charge in [0, 0.05) is 11.9 Å². The lowest BCUT2D eigenvalue weighted by atomic mass is 10.0. The number of piperidine rings is 1. The summed E-state index contributed by atoms with van der Waals surface area (Å²) < 4.78 is 1.65. The lowest BCUT2D eigenvalue weighted by molar-refractivity contribution is -0.129. The summed E-state index contributed by atoms with van der Waals surface area (Å²) in [5.41, 5.74) is 1.98. The Labute approximate surface area is 189 Å². The number of para-hydroxylation sites is 1. The maximum Gasteiger partial charge on any atom is 0.255 e. The molecule has 0 aliphatic carbocycles. The predicted octanol–water partition coefficient (Wildman–Crippen LogP) is 2.48. The van der Waals surface area contributed by atoms with Gasteiger partial charge in [0.1, 0.15) is 6.04 Å². The molecular formula is C23H23N5O3S. The highest BCUT2D eigenvalue weighted by atomic mass is 32.2. The van der Waals surface area contributed by atoms with E-state index in [0.29, 0.717) is 30.0 Å². The normalized spacial score (nSPS) is 21.9. The Balaban J connectivity index is 1.38. The van der Waals surface area contributed by atoms with E-state index in [1.54, 1.807) is 4.68 Å². The first-order valence-electron chi connectivity index (χ1n) is 10.7. The quantitative estimate of drug-likeness (QED) is 0.611. The predicted molar refractivity (Wildman–Crippen MR) is 122 cm³/mol. The highest BCUT2D eigenvalue weighted by Crippen LogP contribution is 2.27. The molecule has 2 aliphatic rings. The minimum absolute atomic E-state index is 0.0764. The van der Waals surface area contributed by atoms with E-state index in [-0.39, 0.29) is 28.7 Å². The van der Waals surface area contributed by atoms with Crippen molar-refractivity contribution in [1.82, 2.24) is 25.0 Å². The number of nitrogens with one attached hydrogen (secondary N) is 1. The van der Waals surface area contributed by atoms with Crippen LogP contribution >= 0.6 is 11.8 Å². The maximum atomic E-state index is 13.1. The lowest BCUT2D eigenvalue weighted by Gasteiger charge is -2.38. The van der Waals surface area contributed by atoms with Gasteiger partial charge in [0.15, 0.2) is 11.6 Å². The molecule has 32 heavy (non-hydrogen) atoms. The number of Topliss-reactive ketones (excluding diaryl/α,β-unsaturated/α-hetero) is 1. The zero-order chi connectivity index (χ0) is 22.2. The van der Waals surface area contributed by atoms with Crippen LogP contribution in [0.25, 0.3) is 16.7 Å². The molecule has 2 aromatic heterocycles. The van der Waals surface area contributed by atoms with Crippen molar-refractivity contribution in [2.45, 2.75) is 38.4 Å². The van der Waals surface area contributed by atoms with Crippen LogP contribution in [-0.2, 0) is 9.59 Å². The molecule has 2 fully saturated rings. The Morgan fingerprint density at radius 3 is 2.81 bits per heavy atom. The summed E-state index contributed by atoms with van der Waals surface area (Å²) >= 11 is 1.07. The third-order valence-electron chi connectivity index (χ3n) is 6.11. The summed E-state index contributed by atoms with van der Waals surface area (Å²) in [5.74, 6) is 0.508. The molecule has 5 rings (SSSR count). The first-order valence-corrected chi connectivity index (χ1v) is 11.7. The highest BCUT2D eigenvalue weighted by Gasteiger charge is 2.42. The van der Waals surface area contributed by atoms with Gasteiger partial charge in [0.2, 0.25) is 5.12 Å². The van der Waals surface area contributed by atoms with Crippen molar-refractivity contribution in [2.24, 2.45) is 0 Å². The van der Waals surface area contributed by atoms with E-state index >= 15 is 0 Å². The number of hydrogen-bond acceptors (Lipinski definition) is 7.